The molecule has 1 amide bonds. The molecule has 10 heteroatoms. The number of hydrogen-bond donors (Lipinski definition) is 2. The molecule has 1 aromatic heterocycles. The van der Waals surface area contributed by atoms with E-state index in [9.17, 15) is 9.59 Å². The van der Waals surface area contributed by atoms with E-state index < -0.39 is 17.3 Å². The zero-order chi connectivity index (χ0) is 24.0. The lowest BCUT2D eigenvalue weighted by atomic mass is 9.82. The number of rotatable bonds is 3. The molecule has 1 saturated heterocycles. The smallest absolute Gasteiger partial charge is 0.408 e. The van der Waals surface area contributed by atoms with Gasteiger partial charge in [0.05, 0.1) is 0 Å². The quantitative estimate of drug-likeness (QED) is 0.585. The van der Waals surface area contributed by atoms with Crippen LogP contribution in [0.3, 0.4) is 0 Å². The third-order valence-electron chi connectivity index (χ3n) is 5.83. The van der Waals surface area contributed by atoms with Gasteiger partial charge in [-0.15, -0.1) is 0 Å². The van der Waals surface area contributed by atoms with Crippen LogP contribution in [0.5, 0.6) is 5.75 Å². The number of alkyl carbamates (subject to hydrolysis) is 1. The number of carbonyl (C=O) groups excluding carboxylic acids is 2. The van der Waals surface area contributed by atoms with Crippen LogP contribution in [-0.2, 0) is 4.74 Å². The number of ketones is 1. The van der Waals surface area contributed by atoms with Crippen molar-refractivity contribution in [3.8, 4) is 5.75 Å². The van der Waals surface area contributed by atoms with Gasteiger partial charge in [-0.05, 0) is 42.8 Å². The number of Topliss-reactive ketones (excluding diaryl/α,β-unsaturated/α-hetero) is 1. The molecule has 1 aromatic carbocycles. The van der Waals surface area contributed by atoms with Gasteiger partial charge >= 0.3 is 6.09 Å². The standard InChI is InChI=1S/C23H28BrN5O4/c1-13(30)16-20(28-19(25)18(24)26-16)29-11-9-23(10-12-29)17(27-21(31)33-22(2,3)4)14-7-5-6-8-15(14)32-23/h5-8,17H,9-12H2,1-4H3,(H2,25,28)(H,27,31). The van der Waals surface area contributed by atoms with E-state index in [1.807, 2.05) is 49.9 Å². The van der Waals surface area contributed by atoms with E-state index >= 15 is 0 Å². The summed E-state index contributed by atoms with van der Waals surface area (Å²) in [6, 6.07) is 7.36. The fourth-order valence-electron chi connectivity index (χ4n) is 4.37. The first kappa shape index (κ1) is 23.3. The number of nitrogen functional groups attached to an aromatic ring is 1. The largest absolute Gasteiger partial charge is 0.484 e. The van der Waals surface area contributed by atoms with Crippen molar-refractivity contribution in [2.24, 2.45) is 0 Å². The summed E-state index contributed by atoms with van der Waals surface area (Å²) in [5, 5.41) is 3.04. The number of benzene rings is 1. The number of anilines is 2. The number of nitrogens with one attached hydrogen (secondary N) is 1. The molecular formula is C23H28BrN5O4. The van der Waals surface area contributed by atoms with Crippen molar-refractivity contribution in [3.63, 3.8) is 0 Å². The van der Waals surface area contributed by atoms with Crippen LogP contribution in [0.4, 0.5) is 16.4 Å². The van der Waals surface area contributed by atoms with E-state index in [0.29, 0.717) is 36.4 Å². The molecule has 1 unspecified atom stereocenters. The molecule has 0 bridgehead atoms. The highest BCUT2D eigenvalue weighted by Crippen LogP contribution is 2.48. The average Bonchev–Trinajstić information content (AvgIpc) is 3.01. The molecule has 176 valence electrons. The second-order valence-electron chi connectivity index (χ2n) is 9.40. The van der Waals surface area contributed by atoms with Gasteiger partial charge in [-0.2, -0.15) is 0 Å². The predicted octanol–water partition coefficient (Wildman–Crippen LogP) is 4.02. The number of aromatic nitrogens is 2. The van der Waals surface area contributed by atoms with Crippen LogP contribution in [0.1, 0.15) is 62.6 Å². The minimum absolute atomic E-state index is 0.188. The summed E-state index contributed by atoms with van der Waals surface area (Å²) in [4.78, 5) is 35.5. The van der Waals surface area contributed by atoms with Gasteiger partial charge in [-0.3, -0.25) is 4.79 Å². The first-order chi connectivity index (χ1) is 15.5. The molecule has 0 aliphatic carbocycles. The molecule has 2 aliphatic rings. The topological polar surface area (TPSA) is 120 Å². The molecule has 3 N–H and O–H groups in total. The van der Waals surface area contributed by atoms with Crippen LogP contribution in [0.15, 0.2) is 28.9 Å². The lowest BCUT2D eigenvalue weighted by Gasteiger charge is -2.42. The molecule has 3 heterocycles. The molecule has 1 atom stereocenters. The summed E-state index contributed by atoms with van der Waals surface area (Å²) < 4.78 is 12.3. The number of nitrogens with two attached hydrogens (primary N) is 1. The molecular weight excluding hydrogens is 490 g/mol. The molecule has 1 spiro atoms. The zero-order valence-corrected chi connectivity index (χ0v) is 20.7. The van der Waals surface area contributed by atoms with E-state index in [-0.39, 0.29) is 23.3 Å². The number of nitrogens with zero attached hydrogens (tertiary/aromatic N) is 3. The second kappa shape index (κ2) is 8.48. The van der Waals surface area contributed by atoms with Gasteiger partial charge in [0.15, 0.2) is 17.4 Å². The number of fused-ring (bicyclic) bond motifs is 1. The number of halogens is 1. The lowest BCUT2D eigenvalue weighted by Crippen LogP contribution is -2.54. The van der Waals surface area contributed by atoms with Crippen LogP contribution < -0.4 is 20.7 Å². The van der Waals surface area contributed by atoms with Crippen LogP contribution in [0.2, 0.25) is 0 Å². The maximum atomic E-state index is 12.7. The minimum atomic E-state index is -0.637. The number of para-hydroxylation sites is 1. The number of piperidine rings is 1. The fraction of sp³-hybridized carbons (Fsp3) is 0.478. The Hall–Kier alpha value is -2.88. The Bertz CT molecular complexity index is 1090. The average molecular weight is 518 g/mol. The summed E-state index contributed by atoms with van der Waals surface area (Å²) in [7, 11) is 0. The van der Waals surface area contributed by atoms with Crippen molar-refractivity contribution in [1.82, 2.24) is 15.3 Å². The van der Waals surface area contributed by atoms with Crippen molar-refractivity contribution in [2.45, 2.75) is 57.8 Å². The van der Waals surface area contributed by atoms with Crippen molar-refractivity contribution in [3.05, 3.63) is 40.1 Å². The molecule has 2 aromatic rings. The van der Waals surface area contributed by atoms with Gasteiger partial charge in [0.2, 0.25) is 0 Å². The van der Waals surface area contributed by atoms with Gasteiger partial charge in [0.1, 0.15) is 33.3 Å². The Balaban J connectivity index is 1.59. The SMILES string of the molecule is CC(=O)c1nc(Br)c(N)nc1N1CCC2(CC1)Oc1ccccc1C2NC(=O)OC(C)(C)C. The first-order valence-electron chi connectivity index (χ1n) is 10.9. The maximum absolute atomic E-state index is 12.7. The van der Waals surface area contributed by atoms with Crippen LogP contribution >= 0.6 is 15.9 Å². The van der Waals surface area contributed by atoms with Crippen molar-refractivity contribution in [1.29, 1.82) is 0 Å². The summed E-state index contributed by atoms with van der Waals surface area (Å²) in [5.41, 5.74) is 5.90. The van der Waals surface area contributed by atoms with E-state index in [1.165, 1.54) is 6.92 Å². The Labute approximate surface area is 201 Å². The zero-order valence-electron chi connectivity index (χ0n) is 19.1. The normalized spacial score (nSPS) is 19.1. The Morgan fingerprint density at radius 1 is 1.24 bits per heavy atom. The van der Waals surface area contributed by atoms with E-state index in [0.717, 1.165) is 11.3 Å². The van der Waals surface area contributed by atoms with Crippen molar-refractivity contribution in [2.75, 3.05) is 23.7 Å². The molecule has 4 rings (SSSR count). The van der Waals surface area contributed by atoms with E-state index in [4.69, 9.17) is 15.2 Å². The van der Waals surface area contributed by atoms with Gasteiger partial charge in [-0.25, -0.2) is 14.8 Å². The van der Waals surface area contributed by atoms with E-state index in [2.05, 4.69) is 31.2 Å². The van der Waals surface area contributed by atoms with Gasteiger partial charge in [0, 0.05) is 38.4 Å². The Morgan fingerprint density at radius 2 is 1.91 bits per heavy atom. The number of ether oxygens (including phenoxy) is 2. The molecule has 2 aliphatic heterocycles. The Morgan fingerprint density at radius 3 is 2.55 bits per heavy atom. The van der Waals surface area contributed by atoms with Gasteiger partial charge in [-0.1, -0.05) is 18.2 Å². The number of amides is 1. The summed E-state index contributed by atoms with van der Waals surface area (Å²) in [5.74, 6) is 1.26. The molecule has 0 saturated carbocycles. The maximum Gasteiger partial charge on any atom is 0.408 e. The lowest BCUT2D eigenvalue weighted by molar-refractivity contribution is 0.0149. The third kappa shape index (κ3) is 4.62. The summed E-state index contributed by atoms with van der Waals surface area (Å²) in [6.07, 6.45) is 0.703. The molecule has 1 fully saturated rings. The van der Waals surface area contributed by atoms with Crippen molar-refractivity contribution < 1.29 is 19.1 Å². The molecule has 33 heavy (non-hydrogen) atoms. The van der Waals surface area contributed by atoms with Crippen LogP contribution in [0.25, 0.3) is 0 Å². The highest BCUT2D eigenvalue weighted by atomic mass is 79.9. The number of carbonyl (C=O) groups is 2. The van der Waals surface area contributed by atoms with Crippen LogP contribution in [-0.4, -0.2) is 46.1 Å². The Kier molecular flexibility index (Phi) is 5.98. The van der Waals surface area contributed by atoms with Crippen LogP contribution in [0, 0.1) is 0 Å². The number of hydrogen-bond acceptors (Lipinski definition) is 8. The second-order valence-corrected chi connectivity index (χ2v) is 10.2. The molecule has 0 radical (unpaired) electrons. The van der Waals surface area contributed by atoms with Gasteiger partial charge in [0.25, 0.3) is 0 Å². The first-order valence-corrected chi connectivity index (χ1v) is 11.6. The minimum Gasteiger partial charge on any atom is -0.484 e. The van der Waals surface area contributed by atoms with E-state index in [1.54, 1.807) is 0 Å². The summed E-state index contributed by atoms with van der Waals surface area (Å²) >= 11 is 3.25. The fourth-order valence-corrected chi connectivity index (χ4v) is 4.64. The highest BCUT2D eigenvalue weighted by Gasteiger charge is 2.51. The predicted molar refractivity (Wildman–Crippen MR) is 128 cm³/mol. The molecule has 9 nitrogen and oxygen atoms in total. The van der Waals surface area contributed by atoms with Crippen molar-refractivity contribution >= 4 is 39.4 Å². The third-order valence-corrected chi connectivity index (χ3v) is 6.42. The highest BCUT2D eigenvalue weighted by molar-refractivity contribution is 9.10. The summed E-state index contributed by atoms with van der Waals surface area (Å²) in [6.45, 7) is 8.05. The van der Waals surface area contributed by atoms with Gasteiger partial charge < -0.3 is 25.4 Å². The monoisotopic (exact) mass is 517 g/mol.